The van der Waals surface area contributed by atoms with E-state index < -0.39 is 23.2 Å². The third-order valence-corrected chi connectivity index (χ3v) is 4.10. The Morgan fingerprint density at radius 2 is 2.06 bits per heavy atom. The minimum Gasteiger partial charge on any atom is -0.480 e. The molecule has 0 radical (unpaired) electrons. The SMILES string of the molecule is CC(SC(=O)c1cccs1)C(=O)N[C@@H](C)C(=O)O. The Labute approximate surface area is 113 Å². The number of carboxylic acids is 1. The predicted octanol–water partition coefficient (Wildman–Crippen LogP) is 1.60. The van der Waals surface area contributed by atoms with Crippen LogP contribution in [-0.4, -0.2) is 33.4 Å². The molecule has 0 spiro atoms. The first kappa shape index (κ1) is 14.7. The average molecular weight is 287 g/mol. The van der Waals surface area contributed by atoms with E-state index in [-0.39, 0.29) is 5.12 Å². The monoisotopic (exact) mass is 287 g/mol. The van der Waals surface area contributed by atoms with Crippen LogP contribution in [0.5, 0.6) is 0 Å². The van der Waals surface area contributed by atoms with Crippen LogP contribution in [0.15, 0.2) is 17.5 Å². The van der Waals surface area contributed by atoms with Gasteiger partial charge in [-0.15, -0.1) is 11.3 Å². The van der Waals surface area contributed by atoms with Gasteiger partial charge in [-0.2, -0.15) is 0 Å². The number of hydrogen-bond donors (Lipinski definition) is 2. The van der Waals surface area contributed by atoms with Gasteiger partial charge in [0.15, 0.2) is 0 Å². The second-order valence-electron chi connectivity index (χ2n) is 3.59. The average Bonchev–Trinajstić information content (AvgIpc) is 2.81. The van der Waals surface area contributed by atoms with Crippen molar-refractivity contribution in [2.75, 3.05) is 0 Å². The normalized spacial score (nSPS) is 13.7. The topological polar surface area (TPSA) is 83.5 Å². The molecule has 5 nitrogen and oxygen atoms in total. The summed E-state index contributed by atoms with van der Waals surface area (Å²) in [6, 6.07) is 2.48. The van der Waals surface area contributed by atoms with E-state index in [0.29, 0.717) is 4.88 Å². The number of carbonyl (C=O) groups is 3. The summed E-state index contributed by atoms with van der Waals surface area (Å²) in [6.45, 7) is 2.94. The molecule has 1 aromatic rings. The second kappa shape index (κ2) is 6.55. The van der Waals surface area contributed by atoms with Gasteiger partial charge in [0.2, 0.25) is 11.0 Å². The molecule has 0 bridgehead atoms. The number of hydrogen-bond acceptors (Lipinski definition) is 5. The summed E-state index contributed by atoms with van der Waals surface area (Å²) in [5.41, 5.74) is 0. The number of thiophene rings is 1. The first-order chi connectivity index (χ1) is 8.41. The van der Waals surface area contributed by atoms with Gasteiger partial charge >= 0.3 is 5.97 Å². The zero-order valence-electron chi connectivity index (χ0n) is 9.88. The van der Waals surface area contributed by atoms with Crippen LogP contribution >= 0.6 is 23.1 Å². The van der Waals surface area contributed by atoms with Crippen molar-refractivity contribution in [3.63, 3.8) is 0 Å². The maximum atomic E-state index is 11.7. The molecular weight excluding hydrogens is 274 g/mol. The second-order valence-corrected chi connectivity index (χ2v) is 5.85. The number of rotatable bonds is 5. The van der Waals surface area contributed by atoms with Crippen LogP contribution in [0.3, 0.4) is 0 Å². The lowest BCUT2D eigenvalue weighted by molar-refractivity contribution is -0.141. The van der Waals surface area contributed by atoms with Gasteiger partial charge in [0.1, 0.15) is 6.04 Å². The molecule has 1 heterocycles. The lowest BCUT2D eigenvalue weighted by Gasteiger charge is -2.13. The molecule has 18 heavy (non-hydrogen) atoms. The minimum absolute atomic E-state index is 0.185. The summed E-state index contributed by atoms with van der Waals surface area (Å²) in [6.07, 6.45) is 0. The Kier molecular flexibility index (Phi) is 5.36. The van der Waals surface area contributed by atoms with Gasteiger partial charge in [0.25, 0.3) is 0 Å². The molecule has 0 aromatic carbocycles. The predicted molar refractivity (Wildman–Crippen MR) is 70.9 cm³/mol. The minimum atomic E-state index is -1.11. The van der Waals surface area contributed by atoms with Crippen molar-refractivity contribution in [3.05, 3.63) is 22.4 Å². The third kappa shape index (κ3) is 4.15. The first-order valence-corrected chi connectivity index (χ1v) is 6.95. The fourth-order valence-electron chi connectivity index (χ4n) is 1.06. The molecule has 1 amide bonds. The molecule has 1 aromatic heterocycles. The van der Waals surface area contributed by atoms with Crippen molar-refractivity contribution in [1.29, 1.82) is 0 Å². The van der Waals surface area contributed by atoms with Crippen molar-refractivity contribution in [2.24, 2.45) is 0 Å². The van der Waals surface area contributed by atoms with Crippen LogP contribution in [0.25, 0.3) is 0 Å². The molecule has 0 aliphatic rings. The summed E-state index contributed by atoms with van der Waals surface area (Å²) in [5.74, 6) is -1.56. The molecule has 0 saturated heterocycles. The van der Waals surface area contributed by atoms with E-state index in [1.54, 1.807) is 24.4 Å². The zero-order valence-corrected chi connectivity index (χ0v) is 11.5. The summed E-state index contributed by atoms with van der Waals surface area (Å²) in [5, 5.41) is 12.0. The lowest BCUT2D eigenvalue weighted by atomic mass is 10.3. The maximum Gasteiger partial charge on any atom is 0.325 e. The van der Waals surface area contributed by atoms with Crippen molar-refractivity contribution >= 4 is 40.1 Å². The van der Waals surface area contributed by atoms with E-state index >= 15 is 0 Å². The van der Waals surface area contributed by atoms with Crippen LogP contribution in [0, 0.1) is 0 Å². The molecule has 0 saturated carbocycles. The fourth-order valence-corrected chi connectivity index (χ4v) is 2.59. The molecule has 0 aliphatic carbocycles. The number of thioether (sulfide) groups is 1. The van der Waals surface area contributed by atoms with E-state index in [0.717, 1.165) is 11.8 Å². The largest absolute Gasteiger partial charge is 0.480 e. The van der Waals surface area contributed by atoms with Crippen molar-refractivity contribution in [1.82, 2.24) is 5.32 Å². The van der Waals surface area contributed by atoms with E-state index in [1.807, 2.05) is 0 Å². The maximum absolute atomic E-state index is 11.7. The molecule has 98 valence electrons. The first-order valence-electron chi connectivity index (χ1n) is 5.19. The van der Waals surface area contributed by atoms with Gasteiger partial charge in [-0.25, -0.2) is 0 Å². The smallest absolute Gasteiger partial charge is 0.325 e. The molecule has 0 fully saturated rings. The van der Waals surface area contributed by atoms with Gasteiger partial charge in [-0.3, -0.25) is 14.4 Å². The van der Waals surface area contributed by atoms with E-state index in [9.17, 15) is 14.4 Å². The van der Waals surface area contributed by atoms with Crippen LogP contribution in [-0.2, 0) is 9.59 Å². The Bertz CT molecular complexity index is 444. The zero-order chi connectivity index (χ0) is 13.7. The number of aliphatic carboxylic acids is 1. The quantitative estimate of drug-likeness (QED) is 0.859. The number of amides is 1. The van der Waals surface area contributed by atoms with Crippen LogP contribution in [0.4, 0.5) is 0 Å². The highest BCUT2D eigenvalue weighted by Crippen LogP contribution is 2.21. The van der Waals surface area contributed by atoms with Crippen molar-refractivity contribution in [2.45, 2.75) is 25.1 Å². The summed E-state index contributed by atoms with van der Waals surface area (Å²) < 4.78 is 0. The highest BCUT2D eigenvalue weighted by molar-refractivity contribution is 8.15. The highest BCUT2D eigenvalue weighted by atomic mass is 32.2. The standard InChI is InChI=1S/C11H13NO4S2/c1-6(10(14)15)12-9(13)7(2)18-11(16)8-4-3-5-17-8/h3-7H,1-2H3,(H,12,13)(H,14,15)/t6-,7?/m0/s1. The molecule has 0 aliphatic heterocycles. The van der Waals surface area contributed by atoms with Crippen LogP contribution < -0.4 is 5.32 Å². The highest BCUT2D eigenvalue weighted by Gasteiger charge is 2.22. The Morgan fingerprint density at radius 3 is 2.56 bits per heavy atom. The number of nitrogens with one attached hydrogen (secondary N) is 1. The lowest BCUT2D eigenvalue weighted by Crippen LogP contribution is -2.42. The van der Waals surface area contributed by atoms with Gasteiger partial charge < -0.3 is 10.4 Å². The van der Waals surface area contributed by atoms with Gasteiger partial charge in [-0.1, -0.05) is 17.8 Å². The molecule has 1 rings (SSSR count). The summed E-state index contributed by atoms with van der Waals surface area (Å²) in [7, 11) is 0. The Morgan fingerprint density at radius 1 is 1.39 bits per heavy atom. The Balaban J connectivity index is 2.50. The van der Waals surface area contributed by atoms with Gasteiger partial charge in [0, 0.05) is 0 Å². The molecule has 1 unspecified atom stereocenters. The van der Waals surface area contributed by atoms with E-state index in [2.05, 4.69) is 5.32 Å². The van der Waals surface area contributed by atoms with E-state index in [1.165, 1.54) is 18.3 Å². The van der Waals surface area contributed by atoms with Crippen molar-refractivity contribution in [3.8, 4) is 0 Å². The third-order valence-electron chi connectivity index (χ3n) is 2.10. The Hall–Kier alpha value is -1.34. The molecule has 2 atom stereocenters. The van der Waals surface area contributed by atoms with Gasteiger partial charge in [0.05, 0.1) is 10.1 Å². The molecule has 2 N–H and O–H groups in total. The van der Waals surface area contributed by atoms with Crippen LogP contribution in [0.2, 0.25) is 0 Å². The number of carbonyl (C=O) groups excluding carboxylic acids is 2. The van der Waals surface area contributed by atoms with Crippen LogP contribution in [0.1, 0.15) is 23.5 Å². The van der Waals surface area contributed by atoms with E-state index in [4.69, 9.17) is 5.11 Å². The number of carboxylic acid groups (broad SMARTS) is 1. The van der Waals surface area contributed by atoms with Crippen molar-refractivity contribution < 1.29 is 19.5 Å². The molecular formula is C11H13NO4S2. The summed E-state index contributed by atoms with van der Waals surface area (Å²) in [4.78, 5) is 34.5. The molecule has 7 heteroatoms. The summed E-state index contributed by atoms with van der Waals surface area (Å²) >= 11 is 2.19. The van der Waals surface area contributed by atoms with Gasteiger partial charge in [-0.05, 0) is 25.3 Å². The fraction of sp³-hybridized carbons (Fsp3) is 0.364.